The van der Waals surface area contributed by atoms with Crippen molar-refractivity contribution >= 4 is 17.3 Å². The van der Waals surface area contributed by atoms with Crippen LogP contribution in [-0.4, -0.2) is 11.3 Å². The molecule has 3 N–H and O–H groups in total. The Kier molecular flexibility index (Phi) is 3.38. The van der Waals surface area contributed by atoms with Gasteiger partial charge in [-0.2, -0.15) is 17.6 Å². The number of nitrogens with two attached hydrogens (primary N) is 1. The molecule has 1 aromatic rings. The Morgan fingerprint density at radius 1 is 1.08 bits per heavy atom. The van der Waals surface area contributed by atoms with Crippen LogP contribution in [-0.2, 0) is 17.0 Å². The van der Waals surface area contributed by atoms with Gasteiger partial charge >= 0.3 is 18.5 Å². The van der Waals surface area contributed by atoms with Gasteiger partial charge in [0, 0.05) is 0 Å². The van der Waals surface area contributed by atoms with E-state index in [4.69, 9.17) is 17.3 Å². The molecule has 2 aliphatic heterocycles. The van der Waals surface area contributed by atoms with Gasteiger partial charge in [0.25, 0.3) is 0 Å². The van der Waals surface area contributed by atoms with Gasteiger partial charge in [0.15, 0.2) is 0 Å². The van der Waals surface area contributed by atoms with Gasteiger partial charge in [-0.05, 0) is 12.1 Å². The highest BCUT2D eigenvalue weighted by molar-refractivity contribution is 6.33. The molecule has 0 atom stereocenters. The zero-order chi connectivity index (χ0) is 18.1. The van der Waals surface area contributed by atoms with E-state index < -0.39 is 46.2 Å². The molecule has 0 amide bonds. The average Bonchev–Trinajstić information content (AvgIpc) is 2.85. The van der Waals surface area contributed by atoms with Crippen LogP contribution in [0.5, 0.6) is 0 Å². The Hall–Kier alpha value is -1.92. The standard InChI is InChI=1S/C11H6ClF7N4O/c12-6-1-4-5(10(15,16)24-9(4,13)14)2-7(6)23-8(20)3-22(21-23)11(17,18)19/h1-3,21H,20H2. The van der Waals surface area contributed by atoms with E-state index in [-0.39, 0.29) is 5.01 Å². The number of rotatable bonds is 1. The van der Waals surface area contributed by atoms with Crippen molar-refractivity contribution in [1.82, 2.24) is 10.5 Å². The predicted octanol–water partition coefficient (Wildman–Crippen LogP) is 3.29. The molecule has 0 aliphatic carbocycles. The molecule has 0 spiro atoms. The van der Waals surface area contributed by atoms with Crippen molar-refractivity contribution in [2.75, 3.05) is 5.01 Å². The Bertz CT molecular complexity index is 736. The molecule has 0 saturated carbocycles. The number of halogens is 8. The quantitative estimate of drug-likeness (QED) is 0.580. The molecule has 24 heavy (non-hydrogen) atoms. The molecule has 5 nitrogen and oxygen atoms in total. The summed E-state index contributed by atoms with van der Waals surface area (Å²) in [4.78, 5) is 0. The Balaban J connectivity index is 2.05. The predicted molar refractivity (Wildman–Crippen MR) is 66.1 cm³/mol. The second-order valence-corrected chi connectivity index (χ2v) is 5.22. The lowest BCUT2D eigenvalue weighted by atomic mass is 10.1. The zero-order valence-corrected chi connectivity index (χ0v) is 11.9. The van der Waals surface area contributed by atoms with Crippen molar-refractivity contribution in [2.45, 2.75) is 18.5 Å². The van der Waals surface area contributed by atoms with E-state index in [9.17, 15) is 30.7 Å². The number of benzene rings is 1. The van der Waals surface area contributed by atoms with Gasteiger partial charge in [-0.25, -0.2) is 14.8 Å². The lowest BCUT2D eigenvalue weighted by Crippen LogP contribution is -2.48. The fraction of sp³-hybridized carbons (Fsp3) is 0.273. The Morgan fingerprint density at radius 2 is 1.62 bits per heavy atom. The summed E-state index contributed by atoms with van der Waals surface area (Å²) >= 11 is 5.74. The lowest BCUT2D eigenvalue weighted by Gasteiger charge is -2.25. The Labute approximate surface area is 133 Å². The van der Waals surface area contributed by atoms with Crippen LogP contribution in [0.1, 0.15) is 11.1 Å². The molecule has 132 valence electrons. The number of fused-ring (bicyclic) bond motifs is 1. The molecular weight excluding hydrogens is 373 g/mol. The molecule has 3 rings (SSSR count). The number of ether oxygens (including phenoxy) is 1. The summed E-state index contributed by atoms with van der Waals surface area (Å²) < 4.78 is 95.3. The minimum atomic E-state index is -4.87. The largest absolute Gasteiger partial charge is 0.500 e. The number of hydrazine groups is 2. The highest BCUT2D eigenvalue weighted by Crippen LogP contribution is 2.53. The van der Waals surface area contributed by atoms with Gasteiger partial charge in [0.05, 0.1) is 28.0 Å². The number of nitrogens with zero attached hydrogens (tertiary/aromatic N) is 2. The molecule has 2 heterocycles. The summed E-state index contributed by atoms with van der Waals surface area (Å²) in [5.41, 5.74) is 4.23. The molecule has 0 aromatic heterocycles. The van der Waals surface area contributed by atoms with Gasteiger partial charge in [-0.15, -0.1) is 18.7 Å². The van der Waals surface area contributed by atoms with E-state index >= 15 is 0 Å². The molecule has 0 unspecified atom stereocenters. The zero-order valence-electron chi connectivity index (χ0n) is 11.1. The molecule has 2 aliphatic rings. The smallest absolute Gasteiger partial charge is 0.383 e. The first-order valence-electron chi connectivity index (χ1n) is 6.03. The van der Waals surface area contributed by atoms with Gasteiger partial charge in [-0.1, -0.05) is 11.6 Å². The minimum Gasteiger partial charge on any atom is -0.383 e. The second kappa shape index (κ2) is 4.80. The van der Waals surface area contributed by atoms with Crippen molar-refractivity contribution in [3.63, 3.8) is 0 Å². The third-order valence-electron chi connectivity index (χ3n) is 3.21. The number of anilines is 1. The monoisotopic (exact) mass is 378 g/mol. The maximum Gasteiger partial charge on any atom is 0.500 e. The number of hydrogen-bond acceptors (Lipinski definition) is 5. The fourth-order valence-electron chi connectivity index (χ4n) is 2.19. The molecule has 0 saturated heterocycles. The van der Waals surface area contributed by atoms with E-state index in [0.717, 1.165) is 0 Å². The summed E-state index contributed by atoms with van der Waals surface area (Å²) in [7, 11) is 0. The van der Waals surface area contributed by atoms with E-state index in [1.54, 1.807) is 5.53 Å². The van der Waals surface area contributed by atoms with E-state index in [2.05, 4.69) is 4.74 Å². The normalized spacial score (nSPS) is 21.9. The van der Waals surface area contributed by atoms with Crippen LogP contribution in [0.4, 0.5) is 36.4 Å². The summed E-state index contributed by atoms with van der Waals surface area (Å²) in [5.74, 6) is -0.553. The number of alkyl halides is 7. The third-order valence-corrected chi connectivity index (χ3v) is 3.51. The van der Waals surface area contributed by atoms with E-state index in [1.165, 1.54) is 0 Å². The van der Waals surface area contributed by atoms with E-state index in [0.29, 0.717) is 23.3 Å². The maximum atomic E-state index is 13.6. The van der Waals surface area contributed by atoms with Crippen molar-refractivity contribution in [1.29, 1.82) is 0 Å². The van der Waals surface area contributed by atoms with Crippen molar-refractivity contribution < 1.29 is 35.5 Å². The second-order valence-electron chi connectivity index (χ2n) is 4.81. The Morgan fingerprint density at radius 3 is 2.12 bits per heavy atom. The number of hydrogen-bond donors (Lipinski definition) is 2. The maximum absolute atomic E-state index is 13.6. The fourth-order valence-corrected chi connectivity index (χ4v) is 2.44. The first-order valence-corrected chi connectivity index (χ1v) is 6.41. The summed E-state index contributed by atoms with van der Waals surface area (Å²) in [6.07, 6.45) is -13.1. The number of nitrogens with one attached hydrogen (secondary N) is 1. The van der Waals surface area contributed by atoms with Gasteiger partial charge in [0.2, 0.25) is 0 Å². The van der Waals surface area contributed by atoms with Crippen LogP contribution in [0.2, 0.25) is 5.02 Å². The first-order chi connectivity index (χ1) is 10.8. The molecule has 0 bridgehead atoms. The van der Waals surface area contributed by atoms with Crippen LogP contribution in [0.25, 0.3) is 0 Å². The average molecular weight is 379 g/mol. The van der Waals surface area contributed by atoms with Gasteiger partial charge in [0.1, 0.15) is 5.82 Å². The first kappa shape index (κ1) is 16.9. The molecule has 13 heteroatoms. The lowest BCUT2D eigenvalue weighted by molar-refractivity contribution is -0.369. The van der Waals surface area contributed by atoms with Crippen LogP contribution in [0, 0.1) is 0 Å². The minimum absolute atomic E-state index is 0.366. The highest BCUT2D eigenvalue weighted by atomic mass is 35.5. The topological polar surface area (TPSA) is 53.8 Å². The summed E-state index contributed by atoms with van der Waals surface area (Å²) in [6, 6.07) is 0.963. The molecular formula is C11H6ClF7N4O. The third kappa shape index (κ3) is 2.50. The van der Waals surface area contributed by atoms with Crippen molar-refractivity contribution in [2.24, 2.45) is 5.73 Å². The highest BCUT2D eigenvalue weighted by Gasteiger charge is 2.58. The van der Waals surface area contributed by atoms with Crippen LogP contribution < -0.4 is 16.3 Å². The van der Waals surface area contributed by atoms with Gasteiger partial charge in [-0.3, -0.25) is 0 Å². The molecule has 0 fully saturated rings. The summed E-state index contributed by atoms with van der Waals surface area (Å²) in [6.45, 7) is 0. The SMILES string of the molecule is NC1=CN(C(F)(F)F)NN1c1cc2c(cc1Cl)C(F)(F)OC2(F)F. The molecule has 0 radical (unpaired) electrons. The van der Waals surface area contributed by atoms with Crippen LogP contribution >= 0.6 is 11.6 Å². The van der Waals surface area contributed by atoms with Gasteiger partial charge < -0.3 is 5.73 Å². The van der Waals surface area contributed by atoms with Crippen molar-refractivity contribution in [3.05, 3.63) is 40.3 Å². The van der Waals surface area contributed by atoms with E-state index in [1.807, 2.05) is 0 Å². The molecule has 1 aromatic carbocycles. The van der Waals surface area contributed by atoms with Crippen LogP contribution in [0.3, 0.4) is 0 Å². The van der Waals surface area contributed by atoms with Crippen molar-refractivity contribution in [3.8, 4) is 0 Å². The van der Waals surface area contributed by atoms with Crippen LogP contribution in [0.15, 0.2) is 24.2 Å². The summed E-state index contributed by atoms with van der Waals surface area (Å²) in [5, 5.41) is -0.389.